The second-order valence-electron chi connectivity index (χ2n) is 3.10. The molecule has 1 amide bonds. The predicted molar refractivity (Wildman–Crippen MR) is 58.1 cm³/mol. The third kappa shape index (κ3) is 2.35. The number of halogens is 1. The van der Waals surface area contributed by atoms with Crippen LogP contribution in [-0.2, 0) is 11.3 Å². The van der Waals surface area contributed by atoms with E-state index >= 15 is 0 Å². The van der Waals surface area contributed by atoms with E-state index in [0.717, 1.165) is 15.9 Å². The number of aromatic nitrogens is 2. The molecule has 1 aromatic rings. The van der Waals surface area contributed by atoms with Gasteiger partial charge in [0.1, 0.15) is 6.54 Å². The molecule has 0 saturated heterocycles. The highest BCUT2D eigenvalue weighted by atomic mass is 79.9. The minimum atomic E-state index is -0.00870. The summed E-state index contributed by atoms with van der Waals surface area (Å²) in [5, 5.41) is 6.98. The summed E-state index contributed by atoms with van der Waals surface area (Å²) in [6.07, 6.45) is 0. The number of carbonyl (C=O) groups is 1. The molecule has 4 nitrogen and oxygen atoms in total. The van der Waals surface area contributed by atoms with Crippen molar-refractivity contribution in [2.45, 2.75) is 27.3 Å². The molecule has 0 bridgehead atoms. The summed E-state index contributed by atoms with van der Waals surface area (Å²) in [5.74, 6) is -0.00870. The van der Waals surface area contributed by atoms with Gasteiger partial charge in [0, 0.05) is 6.54 Å². The van der Waals surface area contributed by atoms with Crippen LogP contribution in [0.25, 0.3) is 0 Å². The quantitative estimate of drug-likeness (QED) is 0.892. The Morgan fingerprint density at radius 2 is 2.21 bits per heavy atom. The van der Waals surface area contributed by atoms with E-state index < -0.39 is 0 Å². The van der Waals surface area contributed by atoms with Crippen LogP contribution in [0, 0.1) is 13.8 Å². The van der Waals surface area contributed by atoms with Gasteiger partial charge in [-0.05, 0) is 36.7 Å². The summed E-state index contributed by atoms with van der Waals surface area (Å²) >= 11 is 3.41. The molecule has 0 unspecified atom stereocenters. The van der Waals surface area contributed by atoms with Gasteiger partial charge >= 0.3 is 0 Å². The molecule has 1 rings (SSSR count). The Labute approximate surface area is 91.8 Å². The van der Waals surface area contributed by atoms with Gasteiger partial charge in [-0.3, -0.25) is 9.48 Å². The molecule has 1 heterocycles. The second kappa shape index (κ2) is 4.59. The van der Waals surface area contributed by atoms with E-state index in [1.165, 1.54) is 0 Å². The van der Waals surface area contributed by atoms with Crippen molar-refractivity contribution in [3.8, 4) is 0 Å². The Kier molecular flexibility index (Phi) is 3.69. The minimum Gasteiger partial charge on any atom is -0.355 e. The second-order valence-corrected chi connectivity index (χ2v) is 3.89. The first-order valence-corrected chi connectivity index (χ1v) is 5.31. The first-order valence-electron chi connectivity index (χ1n) is 4.52. The molecule has 0 atom stereocenters. The van der Waals surface area contributed by atoms with Crippen LogP contribution in [0.15, 0.2) is 4.47 Å². The van der Waals surface area contributed by atoms with Gasteiger partial charge in [0.2, 0.25) is 5.91 Å². The Bertz CT molecular complexity index is 346. The van der Waals surface area contributed by atoms with Gasteiger partial charge in [0.25, 0.3) is 0 Å². The molecule has 0 radical (unpaired) electrons. The van der Waals surface area contributed by atoms with Gasteiger partial charge in [-0.15, -0.1) is 0 Å². The van der Waals surface area contributed by atoms with Crippen molar-refractivity contribution in [2.24, 2.45) is 0 Å². The van der Waals surface area contributed by atoms with Crippen molar-refractivity contribution in [3.05, 3.63) is 15.9 Å². The number of rotatable bonds is 3. The number of hydrogen-bond donors (Lipinski definition) is 1. The van der Waals surface area contributed by atoms with Gasteiger partial charge in [-0.1, -0.05) is 0 Å². The van der Waals surface area contributed by atoms with Crippen LogP contribution in [0.3, 0.4) is 0 Å². The molecule has 0 saturated carbocycles. The fourth-order valence-corrected chi connectivity index (χ4v) is 1.50. The Morgan fingerprint density at radius 3 is 2.64 bits per heavy atom. The Morgan fingerprint density at radius 1 is 1.57 bits per heavy atom. The Balaban J connectivity index is 2.77. The largest absolute Gasteiger partial charge is 0.355 e. The minimum absolute atomic E-state index is 0.00870. The SMILES string of the molecule is CCNC(=O)Cn1nc(C)c(Br)c1C. The smallest absolute Gasteiger partial charge is 0.241 e. The lowest BCUT2D eigenvalue weighted by molar-refractivity contribution is -0.121. The standard InChI is InChI=1S/C9H14BrN3O/c1-4-11-8(14)5-13-7(3)9(10)6(2)12-13/h4-5H2,1-3H3,(H,11,14). The number of likely N-dealkylation sites (N-methyl/N-ethyl adjacent to an activating group) is 1. The van der Waals surface area contributed by atoms with Crippen molar-refractivity contribution in [1.82, 2.24) is 15.1 Å². The zero-order valence-electron chi connectivity index (χ0n) is 8.59. The molecular weight excluding hydrogens is 246 g/mol. The van der Waals surface area contributed by atoms with Gasteiger partial charge in [0.15, 0.2) is 0 Å². The summed E-state index contributed by atoms with van der Waals surface area (Å²) in [6, 6.07) is 0. The molecule has 0 aliphatic carbocycles. The number of nitrogens with one attached hydrogen (secondary N) is 1. The molecule has 0 aromatic carbocycles. The topological polar surface area (TPSA) is 46.9 Å². The van der Waals surface area contributed by atoms with Crippen molar-refractivity contribution < 1.29 is 4.79 Å². The molecule has 1 N–H and O–H groups in total. The van der Waals surface area contributed by atoms with Crippen molar-refractivity contribution in [1.29, 1.82) is 0 Å². The van der Waals surface area contributed by atoms with E-state index in [2.05, 4.69) is 26.3 Å². The summed E-state index contributed by atoms with van der Waals surface area (Å²) in [4.78, 5) is 11.3. The van der Waals surface area contributed by atoms with Crippen LogP contribution >= 0.6 is 15.9 Å². The molecule has 1 aromatic heterocycles. The molecule has 0 aliphatic rings. The number of nitrogens with zero attached hydrogens (tertiary/aromatic N) is 2. The Hall–Kier alpha value is -0.840. The fraction of sp³-hybridized carbons (Fsp3) is 0.556. The van der Waals surface area contributed by atoms with E-state index in [1.54, 1.807) is 4.68 Å². The van der Waals surface area contributed by atoms with E-state index in [-0.39, 0.29) is 12.5 Å². The van der Waals surface area contributed by atoms with Crippen LogP contribution in [-0.4, -0.2) is 22.2 Å². The monoisotopic (exact) mass is 259 g/mol. The summed E-state index contributed by atoms with van der Waals surface area (Å²) < 4.78 is 2.67. The summed E-state index contributed by atoms with van der Waals surface area (Å²) in [6.45, 7) is 6.68. The van der Waals surface area contributed by atoms with Crippen LogP contribution in [0.4, 0.5) is 0 Å². The number of aryl methyl sites for hydroxylation is 1. The van der Waals surface area contributed by atoms with E-state index in [0.29, 0.717) is 6.54 Å². The molecular formula is C9H14BrN3O. The molecule has 0 spiro atoms. The van der Waals surface area contributed by atoms with Crippen molar-refractivity contribution in [3.63, 3.8) is 0 Å². The van der Waals surface area contributed by atoms with Gasteiger partial charge in [-0.25, -0.2) is 0 Å². The first kappa shape index (κ1) is 11.2. The normalized spacial score (nSPS) is 10.3. The van der Waals surface area contributed by atoms with Crippen LogP contribution in [0.2, 0.25) is 0 Å². The summed E-state index contributed by atoms with van der Waals surface area (Å²) in [5.41, 5.74) is 1.89. The van der Waals surface area contributed by atoms with E-state index in [4.69, 9.17) is 0 Å². The highest BCUT2D eigenvalue weighted by Gasteiger charge is 2.10. The predicted octanol–water partition coefficient (Wildman–Crippen LogP) is 1.40. The maximum atomic E-state index is 11.3. The van der Waals surface area contributed by atoms with Gasteiger partial charge in [0.05, 0.1) is 15.9 Å². The lowest BCUT2D eigenvalue weighted by Gasteiger charge is -2.04. The van der Waals surface area contributed by atoms with Crippen molar-refractivity contribution in [2.75, 3.05) is 6.54 Å². The van der Waals surface area contributed by atoms with Crippen LogP contribution in [0.5, 0.6) is 0 Å². The van der Waals surface area contributed by atoms with Crippen LogP contribution in [0.1, 0.15) is 18.3 Å². The molecule has 5 heteroatoms. The third-order valence-electron chi connectivity index (χ3n) is 1.96. The average Bonchev–Trinajstić information content (AvgIpc) is 2.34. The zero-order chi connectivity index (χ0) is 10.7. The maximum absolute atomic E-state index is 11.3. The lowest BCUT2D eigenvalue weighted by Crippen LogP contribution is -2.27. The molecule has 0 aliphatic heterocycles. The highest BCUT2D eigenvalue weighted by Crippen LogP contribution is 2.19. The molecule has 0 fully saturated rings. The van der Waals surface area contributed by atoms with E-state index in [1.807, 2.05) is 20.8 Å². The molecule has 78 valence electrons. The highest BCUT2D eigenvalue weighted by molar-refractivity contribution is 9.10. The van der Waals surface area contributed by atoms with Crippen molar-refractivity contribution >= 4 is 21.8 Å². The fourth-order valence-electron chi connectivity index (χ4n) is 1.22. The number of amides is 1. The number of carbonyl (C=O) groups excluding carboxylic acids is 1. The maximum Gasteiger partial charge on any atom is 0.241 e. The van der Waals surface area contributed by atoms with E-state index in [9.17, 15) is 4.79 Å². The first-order chi connectivity index (χ1) is 6.56. The third-order valence-corrected chi connectivity index (χ3v) is 3.11. The average molecular weight is 260 g/mol. The zero-order valence-corrected chi connectivity index (χ0v) is 10.2. The summed E-state index contributed by atoms with van der Waals surface area (Å²) in [7, 11) is 0. The van der Waals surface area contributed by atoms with Gasteiger partial charge < -0.3 is 5.32 Å². The molecule has 14 heavy (non-hydrogen) atoms. The van der Waals surface area contributed by atoms with Gasteiger partial charge in [-0.2, -0.15) is 5.10 Å². The number of hydrogen-bond acceptors (Lipinski definition) is 2. The lowest BCUT2D eigenvalue weighted by atomic mass is 10.4. The van der Waals surface area contributed by atoms with Crippen LogP contribution < -0.4 is 5.32 Å².